The number of carbonyl (C=O) groups excluding carboxylic acids is 1. The molecule has 0 spiro atoms. The van der Waals surface area contributed by atoms with E-state index in [1.54, 1.807) is 18.8 Å². The van der Waals surface area contributed by atoms with Crippen LogP contribution in [-0.4, -0.2) is 29.4 Å². The number of benzene rings is 1. The van der Waals surface area contributed by atoms with Crippen molar-refractivity contribution in [1.82, 2.24) is 5.32 Å². The molecule has 20 heavy (non-hydrogen) atoms. The van der Waals surface area contributed by atoms with Gasteiger partial charge in [0.2, 0.25) is 5.91 Å². The van der Waals surface area contributed by atoms with Crippen molar-refractivity contribution in [2.24, 2.45) is 0 Å². The number of aliphatic hydroxyl groups excluding tert-OH is 1. The molecule has 0 radical (unpaired) electrons. The summed E-state index contributed by atoms with van der Waals surface area (Å²) in [5.41, 5.74) is 1.21. The Morgan fingerprint density at radius 3 is 2.55 bits per heavy atom. The van der Waals surface area contributed by atoms with Gasteiger partial charge in [0.1, 0.15) is 0 Å². The van der Waals surface area contributed by atoms with Crippen molar-refractivity contribution < 1.29 is 9.90 Å². The van der Waals surface area contributed by atoms with Crippen LogP contribution in [0.1, 0.15) is 38.2 Å². The Kier molecular flexibility index (Phi) is 7.70. The van der Waals surface area contributed by atoms with Gasteiger partial charge in [-0.1, -0.05) is 37.5 Å². The average Bonchev–Trinajstić information content (AvgIpc) is 2.46. The molecule has 2 atom stereocenters. The van der Waals surface area contributed by atoms with Crippen LogP contribution in [0.15, 0.2) is 29.2 Å². The second-order valence-corrected chi connectivity index (χ2v) is 6.37. The number of nitrogens with one attached hydrogen (secondary N) is 1. The second kappa shape index (κ2) is 9.03. The molecular formula is C16H25NO2S. The zero-order valence-electron chi connectivity index (χ0n) is 12.6. The fourth-order valence-corrected chi connectivity index (χ4v) is 3.10. The lowest BCUT2D eigenvalue weighted by Crippen LogP contribution is -2.30. The quantitative estimate of drug-likeness (QED) is 0.724. The summed E-state index contributed by atoms with van der Waals surface area (Å²) in [7, 11) is 1.63. The van der Waals surface area contributed by atoms with E-state index in [0.29, 0.717) is 6.42 Å². The molecule has 0 unspecified atom stereocenters. The van der Waals surface area contributed by atoms with E-state index in [1.807, 2.05) is 19.1 Å². The molecule has 0 aliphatic rings. The SMILES string of the molecule is CCCC[C@H](O)[C@@H](CC(=O)NC)Sc1ccc(C)cc1. The molecule has 0 aliphatic heterocycles. The Balaban J connectivity index is 2.70. The number of hydrogen-bond acceptors (Lipinski definition) is 3. The number of unbranched alkanes of at least 4 members (excludes halogenated alkanes) is 1. The number of hydrogen-bond donors (Lipinski definition) is 2. The van der Waals surface area contributed by atoms with Gasteiger partial charge in [-0.15, -0.1) is 11.8 Å². The zero-order valence-corrected chi connectivity index (χ0v) is 13.4. The Morgan fingerprint density at radius 1 is 1.35 bits per heavy atom. The van der Waals surface area contributed by atoms with Crippen LogP contribution in [0.25, 0.3) is 0 Å². The number of aliphatic hydroxyl groups is 1. The minimum atomic E-state index is -0.446. The molecule has 1 amide bonds. The predicted molar refractivity (Wildman–Crippen MR) is 85.0 cm³/mol. The highest BCUT2D eigenvalue weighted by atomic mass is 32.2. The van der Waals surface area contributed by atoms with Crippen molar-refractivity contribution in [3.8, 4) is 0 Å². The first kappa shape index (κ1) is 17.1. The Labute approximate surface area is 126 Å². The lowest BCUT2D eigenvalue weighted by molar-refractivity contribution is -0.121. The Morgan fingerprint density at radius 2 is 2.00 bits per heavy atom. The van der Waals surface area contributed by atoms with E-state index >= 15 is 0 Å². The second-order valence-electron chi connectivity index (χ2n) is 5.06. The molecule has 0 heterocycles. The molecule has 3 nitrogen and oxygen atoms in total. The normalized spacial score (nSPS) is 13.8. The molecule has 0 saturated heterocycles. The number of amides is 1. The molecule has 1 aromatic rings. The highest BCUT2D eigenvalue weighted by Crippen LogP contribution is 2.29. The Hall–Kier alpha value is -1.00. The summed E-state index contributed by atoms with van der Waals surface area (Å²) < 4.78 is 0. The minimum absolute atomic E-state index is 0.0230. The van der Waals surface area contributed by atoms with E-state index in [1.165, 1.54) is 5.56 Å². The van der Waals surface area contributed by atoms with E-state index in [4.69, 9.17) is 0 Å². The van der Waals surface area contributed by atoms with Gasteiger partial charge in [-0.2, -0.15) is 0 Å². The number of aryl methyl sites for hydroxylation is 1. The summed E-state index contributed by atoms with van der Waals surface area (Å²) in [5, 5.41) is 12.8. The third-order valence-electron chi connectivity index (χ3n) is 3.26. The summed E-state index contributed by atoms with van der Waals surface area (Å²) in [6, 6.07) is 8.20. The third-order valence-corrected chi connectivity index (χ3v) is 4.58. The van der Waals surface area contributed by atoms with Crippen molar-refractivity contribution in [2.75, 3.05) is 7.05 Å². The largest absolute Gasteiger partial charge is 0.392 e. The van der Waals surface area contributed by atoms with Gasteiger partial charge in [-0.3, -0.25) is 4.79 Å². The maximum Gasteiger partial charge on any atom is 0.220 e. The van der Waals surface area contributed by atoms with E-state index in [0.717, 1.165) is 24.2 Å². The Bertz CT molecular complexity index is 405. The number of thioether (sulfide) groups is 1. The average molecular weight is 295 g/mol. The van der Waals surface area contributed by atoms with Crippen LogP contribution in [-0.2, 0) is 4.79 Å². The first-order valence-corrected chi connectivity index (χ1v) is 8.06. The molecule has 1 rings (SSSR count). The van der Waals surface area contributed by atoms with Crippen LogP contribution in [0.2, 0.25) is 0 Å². The van der Waals surface area contributed by atoms with Gasteiger partial charge < -0.3 is 10.4 Å². The molecule has 112 valence electrons. The number of carbonyl (C=O) groups is 1. The lowest BCUT2D eigenvalue weighted by atomic mass is 10.1. The molecule has 2 N–H and O–H groups in total. The van der Waals surface area contributed by atoms with Gasteiger partial charge in [0, 0.05) is 23.6 Å². The van der Waals surface area contributed by atoms with Gasteiger partial charge >= 0.3 is 0 Å². The summed E-state index contributed by atoms with van der Waals surface area (Å²) >= 11 is 1.59. The molecule has 0 bridgehead atoms. The van der Waals surface area contributed by atoms with Crippen molar-refractivity contribution in [2.45, 2.75) is 55.8 Å². The van der Waals surface area contributed by atoms with Crippen molar-refractivity contribution in [3.63, 3.8) is 0 Å². The van der Waals surface area contributed by atoms with Crippen LogP contribution in [0.3, 0.4) is 0 Å². The molecule has 4 heteroatoms. The first-order valence-electron chi connectivity index (χ1n) is 7.18. The van der Waals surface area contributed by atoms with Crippen LogP contribution >= 0.6 is 11.8 Å². The van der Waals surface area contributed by atoms with Gasteiger partial charge in [-0.25, -0.2) is 0 Å². The topological polar surface area (TPSA) is 49.3 Å². The molecule has 0 fully saturated rings. The summed E-state index contributed by atoms with van der Waals surface area (Å²) in [6.45, 7) is 4.15. The fraction of sp³-hybridized carbons (Fsp3) is 0.562. The maximum absolute atomic E-state index is 11.6. The molecule has 0 saturated carbocycles. The summed E-state index contributed by atoms with van der Waals surface area (Å²) in [4.78, 5) is 12.7. The van der Waals surface area contributed by atoms with Gasteiger partial charge in [0.25, 0.3) is 0 Å². The first-order chi connectivity index (χ1) is 9.56. The van der Waals surface area contributed by atoms with E-state index in [-0.39, 0.29) is 11.2 Å². The third kappa shape index (κ3) is 5.97. The summed E-state index contributed by atoms with van der Waals surface area (Å²) in [6.07, 6.45) is 2.69. The molecule has 0 aromatic heterocycles. The minimum Gasteiger partial charge on any atom is -0.392 e. The van der Waals surface area contributed by atoms with Crippen LogP contribution in [0, 0.1) is 6.92 Å². The van der Waals surface area contributed by atoms with Gasteiger partial charge in [0.05, 0.1) is 6.10 Å². The summed E-state index contributed by atoms with van der Waals surface area (Å²) in [5.74, 6) is -0.0230. The van der Waals surface area contributed by atoms with E-state index in [2.05, 4.69) is 24.4 Å². The lowest BCUT2D eigenvalue weighted by Gasteiger charge is -2.22. The zero-order chi connectivity index (χ0) is 15.0. The van der Waals surface area contributed by atoms with Gasteiger partial charge in [-0.05, 0) is 25.5 Å². The van der Waals surface area contributed by atoms with Gasteiger partial charge in [0.15, 0.2) is 0 Å². The van der Waals surface area contributed by atoms with E-state index < -0.39 is 6.10 Å². The smallest absolute Gasteiger partial charge is 0.220 e. The van der Waals surface area contributed by atoms with Crippen molar-refractivity contribution in [3.05, 3.63) is 29.8 Å². The number of rotatable bonds is 8. The highest BCUT2D eigenvalue weighted by Gasteiger charge is 2.22. The van der Waals surface area contributed by atoms with Crippen LogP contribution in [0.4, 0.5) is 0 Å². The fourth-order valence-electron chi connectivity index (χ4n) is 1.93. The van der Waals surface area contributed by atoms with Crippen molar-refractivity contribution >= 4 is 17.7 Å². The maximum atomic E-state index is 11.6. The van der Waals surface area contributed by atoms with Crippen LogP contribution in [0.5, 0.6) is 0 Å². The molecule has 1 aromatic carbocycles. The standard InChI is InChI=1S/C16H25NO2S/c1-4-5-6-14(18)15(11-16(19)17-3)20-13-9-7-12(2)8-10-13/h7-10,14-15,18H,4-6,11H2,1-3H3,(H,17,19)/t14-,15+/m0/s1. The molecule has 0 aliphatic carbocycles. The van der Waals surface area contributed by atoms with Crippen LogP contribution < -0.4 is 5.32 Å². The van der Waals surface area contributed by atoms with Crippen molar-refractivity contribution in [1.29, 1.82) is 0 Å². The predicted octanol–water partition coefficient (Wildman–Crippen LogP) is 3.14. The molecular weight excluding hydrogens is 270 g/mol. The highest BCUT2D eigenvalue weighted by molar-refractivity contribution is 8.00. The monoisotopic (exact) mass is 295 g/mol. The van der Waals surface area contributed by atoms with E-state index in [9.17, 15) is 9.90 Å².